The molecule has 2 rings (SSSR count). The molecule has 0 aromatic heterocycles. The minimum atomic E-state index is -2.93. The molecule has 0 aliphatic carbocycles. The molecule has 94 valence electrons. The predicted octanol–water partition coefficient (Wildman–Crippen LogP) is 2.05. The monoisotopic (exact) mass is 253 g/mol. The minimum Gasteiger partial charge on any atom is -0.310 e. The molecule has 4 heteroatoms. The summed E-state index contributed by atoms with van der Waals surface area (Å²) in [6.45, 7) is 1.08. The standard InChI is InChI=1S/C13H19NO2S/c1-17(15,16)10-11-5-7-12(8-6-11)13-4-2-3-9-14-13/h5-8,13-14H,2-4,9-10H2,1H3. The van der Waals surface area contributed by atoms with Gasteiger partial charge in [-0.05, 0) is 30.5 Å². The van der Waals surface area contributed by atoms with Crippen LogP contribution in [0.2, 0.25) is 0 Å². The molecule has 1 aromatic rings. The van der Waals surface area contributed by atoms with Crippen molar-refractivity contribution in [1.29, 1.82) is 0 Å². The number of sulfone groups is 1. The van der Waals surface area contributed by atoms with E-state index in [1.807, 2.05) is 24.3 Å². The minimum absolute atomic E-state index is 0.130. The molecule has 1 unspecified atom stereocenters. The van der Waals surface area contributed by atoms with Crippen LogP contribution < -0.4 is 5.32 Å². The second-order valence-electron chi connectivity index (χ2n) is 4.81. The van der Waals surface area contributed by atoms with E-state index in [4.69, 9.17) is 0 Å². The second kappa shape index (κ2) is 5.19. The van der Waals surface area contributed by atoms with Gasteiger partial charge in [-0.25, -0.2) is 8.42 Å². The van der Waals surface area contributed by atoms with Crippen LogP contribution in [0.3, 0.4) is 0 Å². The van der Waals surface area contributed by atoms with Gasteiger partial charge in [0.15, 0.2) is 9.84 Å². The summed E-state index contributed by atoms with van der Waals surface area (Å²) >= 11 is 0. The zero-order valence-corrected chi connectivity index (χ0v) is 11.0. The van der Waals surface area contributed by atoms with Crippen molar-refractivity contribution in [2.75, 3.05) is 12.8 Å². The second-order valence-corrected chi connectivity index (χ2v) is 6.95. The zero-order valence-electron chi connectivity index (χ0n) is 10.1. The maximum absolute atomic E-state index is 11.2. The van der Waals surface area contributed by atoms with Gasteiger partial charge in [0.2, 0.25) is 0 Å². The molecule has 1 saturated heterocycles. The molecule has 0 radical (unpaired) electrons. The summed E-state index contributed by atoms with van der Waals surface area (Å²) in [4.78, 5) is 0. The summed E-state index contributed by atoms with van der Waals surface area (Å²) in [5.74, 6) is 0.130. The van der Waals surface area contributed by atoms with Crippen molar-refractivity contribution in [1.82, 2.24) is 5.32 Å². The first-order valence-electron chi connectivity index (χ1n) is 6.04. The third kappa shape index (κ3) is 3.82. The molecular formula is C13H19NO2S. The highest BCUT2D eigenvalue weighted by molar-refractivity contribution is 7.89. The summed E-state index contributed by atoms with van der Waals surface area (Å²) in [5, 5.41) is 3.48. The van der Waals surface area contributed by atoms with E-state index in [-0.39, 0.29) is 5.75 Å². The molecule has 1 fully saturated rings. The Balaban J connectivity index is 2.07. The molecule has 1 N–H and O–H groups in total. The van der Waals surface area contributed by atoms with E-state index in [0.717, 1.165) is 12.1 Å². The van der Waals surface area contributed by atoms with E-state index in [0.29, 0.717) is 6.04 Å². The predicted molar refractivity (Wildman–Crippen MR) is 69.6 cm³/mol. The third-order valence-electron chi connectivity index (χ3n) is 3.12. The molecule has 1 heterocycles. The van der Waals surface area contributed by atoms with Crippen molar-refractivity contribution < 1.29 is 8.42 Å². The lowest BCUT2D eigenvalue weighted by Gasteiger charge is -2.23. The smallest absolute Gasteiger partial charge is 0.151 e. The van der Waals surface area contributed by atoms with Crippen molar-refractivity contribution >= 4 is 9.84 Å². The third-order valence-corrected chi connectivity index (χ3v) is 3.98. The normalized spacial score (nSPS) is 21.4. The lowest BCUT2D eigenvalue weighted by Crippen LogP contribution is -2.26. The Morgan fingerprint density at radius 1 is 1.24 bits per heavy atom. The lowest BCUT2D eigenvalue weighted by molar-refractivity contribution is 0.412. The molecule has 0 saturated carbocycles. The van der Waals surface area contributed by atoms with Crippen molar-refractivity contribution in [2.24, 2.45) is 0 Å². The Hall–Kier alpha value is -0.870. The van der Waals surface area contributed by atoms with Crippen LogP contribution >= 0.6 is 0 Å². The average molecular weight is 253 g/mol. The van der Waals surface area contributed by atoms with Gasteiger partial charge in [0.1, 0.15) is 0 Å². The number of hydrogen-bond acceptors (Lipinski definition) is 3. The molecule has 1 aliphatic rings. The van der Waals surface area contributed by atoms with Gasteiger partial charge in [-0.2, -0.15) is 0 Å². The van der Waals surface area contributed by atoms with E-state index in [1.54, 1.807) is 0 Å². The first-order chi connectivity index (χ1) is 8.04. The van der Waals surface area contributed by atoms with Crippen LogP contribution in [0.4, 0.5) is 0 Å². The quantitative estimate of drug-likeness (QED) is 0.896. The van der Waals surface area contributed by atoms with E-state index in [9.17, 15) is 8.42 Å². The van der Waals surface area contributed by atoms with Gasteiger partial charge >= 0.3 is 0 Å². The molecule has 0 amide bonds. The topological polar surface area (TPSA) is 46.2 Å². The Labute approximate surface area is 103 Å². The van der Waals surface area contributed by atoms with Gasteiger partial charge in [0, 0.05) is 12.3 Å². The van der Waals surface area contributed by atoms with Crippen molar-refractivity contribution in [2.45, 2.75) is 31.1 Å². The summed E-state index contributed by atoms with van der Waals surface area (Å²) in [5.41, 5.74) is 2.13. The van der Waals surface area contributed by atoms with Crippen LogP contribution in [0.15, 0.2) is 24.3 Å². The van der Waals surface area contributed by atoms with E-state index in [1.165, 1.54) is 31.1 Å². The average Bonchev–Trinajstić information content (AvgIpc) is 2.29. The highest BCUT2D eigenvalue weighted by Crippen LogP contribution is 2.23. The Kier molecular flexibility index (Phi) is 3.84. The van der Waals surface area contributed by atoms with E-state index in [2.05, 4.69) is 5.32 Å². The van der Waals surface area contributed by atoms with Crippen LogP contribution in [-0.2, 0) is 15.6 Å². The number of rotatable bonds is 3. The number of nitrogens with one attached hydrogen (secondary N) is 1. The van der Waals surface area contributed by atoms with E-state index < -0.39 is 9.84 Å². The van der Waals surface area contributed by atoms with Gasteiger partial charge in [-0.3, -0.25) is 0 Å². The van der Waals surface area contributed by atoms with Gasteiger partial charge in [0.05, 0.1) is 5.75 Å². The summed E-state index contributed by atoms with van der Waals surface area (Å²) in [6, 6.07) is 8.38. The first-order valence-corrected chi connectivity index (χ1v) is 8.10. The summed E-state index contributed by atoms with van der Waals surface area (Å²) < 4.78 is 22.3. The molecule has 0 spiro atoms. The fraction of sp³-hybridized carbons (Fsp3) is 0.538. The molecule has 0 bridgehead atoms. The fourth-order valence-electron chi connectivity index (χ4n) is 2.29. The Morgan fingerprint density at radius 3 is 2.47 bits per heavy atom. The largest absolute Gasteiger partial charge is 0.310 e. The van der Waals surface area contributed by atoms with Crippen LogP contribution in [0.1, 0.15) is 36.4 Å². The Bertz CT molecular complexity index is 459. The van der Waals surface area contributed by atoms with Crippen LogP contribution in [0, 0.1) is 0 Å². The highest BCUT2D eigenvalue weighted by atomic mass is 32.2. The van der Waals surface area contributed by atoms with E-state index >= 15 is 0 Å². The Morgan fingerprint density at radius 2 is 1.94 bits per heavy atom. The molecular weight excluding hydrogens is 234 g/mol. The summed E-state index contributed by atoms with van der Waals surface area (Å²) in [6.07, 6.45) is 4.96. The molecule has 1 aliphatic heterocycles. The molecule has 3 nitrogen and oxygen atoms in total. The summed E-state index contributed by atoms with van der Waals surface area (Å²) in [7, 11) is -2.93. The lowest BCUT2D eigenvalue weighted by atomic mass is 9.97. The highest BCUT2D eigenvalue weighted by Gasteiger charge is 2.14. The van der Waals surface area contributed by atoms with Crippen LogP contribution in [0.5, 0.6) is 0 Å². The number of benzene rings is 1. The van der Waals surface area contributed by atoms with Crippen molar-refractivity contribution in [3.05, 3.63) is 35.4 Å². The SMILES string of the molecule is CS(=O)(=O)Cc1ccc(C2CCCCN2)cc1. The van der Waals surface area contributed by atoms with Gasteiger partial charge in [-0.15, -0.1) is 0 Å². The van der Waals surface area contributed by atoms with Gasteiger partial charge in [-0.1, -0.05) is 30.7 Å². The maximum Gasteiger partial charge on any atom is 0.151 e. The van der Waals surface area contributed by atoms with Crippen LogP contribution in [-0.4, -0.2) is 21.2 Å². The van der Waals surface area contributed by atoms with Crippen molar-refractivity contribution in [3.8, 4) is 0 Å². The fourth-order valence-corrected chi connectivity index (χ4v) is 3.08. The van der Waals surface area contributed by atoms with Crippen LogP contribution in [0.25, 0.3) is 0 Å². The van der Waals surface area contributed by atoms with Gasteiger partial charge in [0.25, 0.3) is 0 Å². The maximum atomic E-state index is 11.2. The first kappa shape index (κ1) is 12.6. The van der Waals surface area contributed by atoms with Gasteiger partial charge < -0.3 is 5.32 Å². The number of piperidine rings is 1. The molecule has 1 aromatic carbocycles. The number of hydrogen-bond donors (Lipinski definition) is 1. The molecule has 1 atom stereocenters. The zero-order chi connectivity index (χ0) is 12.3. The molecule has 17 heavy (non-hydrogen) atoms. The van der Waals surface area contributed by atoms with Crippen molar-refractivity contribution in [3.63, 3.8) is 0 Å².